The highest BCUT2D eigenvalue weighted by Crippen LogP contribution is 2.67. The predicted octanol–water partition coefficient (Wildman–Crippen LogP) is 10.1. The van der Waals surface area contributed by atoms with Crippen molar-refractivity contribution in [1.29, 1.82) is 0 Å². The van der Waals surface area contributed by atoms with Crippen LogP contribution in [0, 0.1) is 46.3 Å². The summed E-state index contributed by atoms with van der Waals surface area (Å²) < 4.78 is 33.3. The average Bonchev–Trinajstić information content (AvgIpc) is 3.28. The molecule has 0 aromatic rings. The molecule has 3 saturated carbocycles. The number of allylic oxidation sites excluding steroid dienone is 1. The Morgan fingerprint density at radius 3 is 2.21 bits per heavy atom. The zero-order valence-electron chi connectivity index (χ0n) is 28.3. The minimum Gasteiger partial charge on any atom is -0.378 e. The van der Waals surface area contributed by atoms with Crippen LogP contribution in [0.25, 0.3) is 0 Å². The molecule has 0 amide bonds. The molecule has 0 heterocycles. The molecule has 8 atom stereocenters. The third-order valence-electron chi connectivity index (χ3n) is 12.7. The highest BCUT2D eigenvalue weighted by atomic mass is 32.2. The molecule has 0 saturated heterocycles. The van der Waals surface area contributed by atoms with Crippen LogP contribution >= 0.6 is 0 Å². The largest absolute Gasteiger partial charge is 0.378 e. The van der Waals surface area contributed by atoms with E-state index in [1.54, 1.807) is 5.57 Å². The van der Waals surface area contributed by atoms with E-state index < -0.39 is 10.1 Å². The lowest BCUT2D eigenvalue weighted by atomic mass is 9.47. The van der Waals surface area contributed by atoms with Crippen LogP contribution in [0.4, 0.5) is 0 Å². The van der Waals surface area contributed by atoms with E-state index >= 15 is 0 Å². The zero-order valence-corrected chi connectivity index (χ0v) is 29.1. The van der Waals surface area contributed by atoms with Crippen LogP contribution in [-0.4, -0.2) is 34.0 Å². The lowest BCUT2D eigenvalue weighted by molar-refractivity contribution is -0.0641. The van der Waals surface area contributed by atoms with Gasteiger partial charge in [-0.1, -0.05) is 97.6 Å². The van der Waals surface area contributed by atoms with Gasteiger partial charge in [0.05, 0.1) is 19.0 Å². The summed E-state index contributed by atoms with van der Waals surface area (Å²) in [6.45, 7) is 13.9. The van der Waals surface area contributed by atoms with Gasteiger partial charge < -0.3 is 4.74 Å². The summed E-state index contributed by atoms with van der Waals surface area (Å²) in [6.07, 6.45) is 27.3. The van der Waals surface area contributed by atoms with Crippen LogP contribution in [-0.2, 0) is 19.0 Å². The fourth-order valence-corrected chi connectivity index (χ4v) is 10.8. The number of rotatable bonds is 17. The average molecular weight is 607 g/mol. The van der Waals surface area contributed by atoms with Crippen molar-refractivity contribution in [2.75, 3.05) is 19.5 Å². The molecule has 0 radical (unpaired) electrons. The van der Waals surface area contributed by atoms with Gasteiger partial charge in [0.1, 0.15) is 0 Å². The van der Waals surface area contributed by atoms with Crippen LogP contribution in [0.1, 0.15) is 150 Å². The molecule has 244 valence electrons. The molecule has 4 aliphatic carbocycles. The van der Waals surface area contributed by atoms with Crippen LogP contribution in [0.3, 0.4) is 0 Å². The Kier molecular flexibility index (Phi) is 12.5. The van der Waals surface area contributed by atoms with E-state index in [4.69, 9.17) is 8.92 Å². The van der Waals surface area contributed by atoms with E-state index in [2.05, 4.69) is 40.7 Å². The van der Waals surface area contributed by atoms with Crippen molar-refractivity contribution in [3.05, 3.63) is 11.6 Å². The Bertz CT molecular complexity index is 972. The van der Waals surface area contributed by atoms with Gasteiger partial charge in [-0.15, -0.1) is 0 Å². The normalized spacial score (nSPS) is 35.4. The molecule has 0 aromatic heterocycles. The van der Waals surface area contributed by atoms with Gasteiger partial charge in [-0.25, -0.2) is 0 Å². The molecule has 5 unspecified atom stereocenters. The van der Waals surface area contributed by atoms with E-state index in [0.29, 0.717) is 23.5 Å². The van der Waals surface area contributed by atoms with Gasteiger partial charge in [0.15, 0.2) is 0 Å². The molecule has 0 aromatic carbocycles. The van der Waals surface area contributed by atoms with Gasteiger partial charge in [-0.05, 0) is 111 Å². The number of unbranched alkanes of at least 4 members (excludes halogenated alkanes) is 6. The lowest BCUT2D eigenvalue weighted by Gasteiger charge is -2.58. The van der Waals surface area contributed by atoms with Gasteiger partial charge in [0.25, 0.3) is 10.1 Å². The fraction of sp³-hybridized carbons (Fsp3) is 0.946. The van der Waals surface area contributed by atoms with Crippen molar-refractivity contribution in [3.63, 3.8) is 0 Å². The number of hydrogen-bond acceptors (Lipinski definition) is 4. The highest BCUT2D eigenvalue weighted by Gasteiger charge is 2.59. The molecule has 0 N–H and O–H groups in total. The molecule has 0 aliphatic heterocycles. The monoisotopic (exact) mass is 606 g/mol. The van der Waals surface area contributed by atoms with Gasteiger partial charge in [-0.2, -0.15) is 8.42 Å². The third kappa shape index (κ3) is 8.65. The molecule has 42 heavy (non-hydrogen) atoms. The number of ether oxygens (including phenoxy) is 1. The Morgan fingerprint density at radius 2 is 1.52 bits per heavy atom. The van der Waals surface area contributed by atoms with Crippen molar-refractivity contribution in [1.82, 2.24) is 0 Å². The molecular weight excluding hydrogens is 540 g/mol. The minimum absolute atomic E-state index is 0.323. The van der Waals surface area contributed by atoms with Crippen LogP contribution in [0.15, 0.2) is 11.6 Å². The minimum atomic E-state index is -3.29. The first-order chi connectivity index (χ1) is 19.9. The Labute approximate surface area is 260 Å². The van der Waals surface area contributed by atoms with Gasteiger partial charge >= 0.3 is 0 Å². The summed E-state index contributed by atoms with van der Waals surface area (Å²) in [7, 11) is -3.29. The Morgan fingerprint density at radius 1 is 0.833 bits per heavy atom. The van der Waals surface area contributed by atoms with Gasteiger partial charge in [0, 0.05) is 6.61 Å². The maximum absolute atomic E-state index is 11.0. The summed E-state index contributed by atoms with van der Waals surface area (Å²) in [5.74, 6) is 5.42. The Hall–Kier alpha value is -0.390. The van der Waals surface area contributed by atoms with Crippen molar-refractivity contribution < 1.29 is 17.3 Å². The second kappa shape index (κ2) is 15.3. The molecule has 3 fully saturated rings. The van der Waals surface area contributed by atoms with Gasteiger partial charge in [-0.3, -0.25) is 4.18 Å². The van der Waals surface area contributed by atoms with E-state index in [0.717, 1.165) is 74.1 Å². The van der Waals surface area contributed by atoms with Gasteiger partial charge in [0.2, 0.25) is 0 Å². The summed E-state index contributed by atoms with van der Waals surface area (Å²) >= 11 is 0. The maximum atomic E-state index is 11.0. The number of hydrogen-bond donors (Lipinski definition) is 0. The van der Waals surface area contributed by atoms with Crippen LogP contribution in [0.5, 0.6) is 0 Å². The van der Waals surface area contributed by atoms with E-state index in [1.165, 1.54) is 89.9 Å². The standard InChI is InChI=1S/C37H66O4S/c1-28(2)15-14-16-29(3)33-19-20-34-32-18-17-30-27-31(21-23-36(30,4)35(32)22-24-37(33,34)5)40-25-12-10-8-7-9-11-13-26-41-42(6,38)39/h17,28-29,31-35H,7-16,18-27H2,1-6H3/t29?,31-,32?,33?,34?,35?,36-,37+/m0/s1. The summed E-state index contributed by atoms with van der Waals surface area (Å²) in [4.78, 5) is 0. The lowest BCUT2D eigenvalue weighted by Crippen LogP contribution is -2.51. The first kappa shape index (κ1) is 34.5. The molecule has 4 nitrogen and oxygen atoms in total. The summed E-state index contributed by atoms with van der Waals surface area (Å²) in [6, 6.07) is 0. The molecular formula is C37H66O4S. The predicted molar refractivity (Wildman–Crippen MR) is 176 cm³/mol. The third-order valence-corrected chi connectivity index (χ3v) is 13.3. The summed E-state index contributed by atoms with van der Waals surface area (Å²) in [5, 5.41) is 0. The maximum Gasteiger partial charge on any atom is 0.264 e. The number of fused-ring (bicyclic) bond motifs is 5. The molecule has 5 heteroatoms. The zero-order chi connectivity index (χ0) is 30.4. The van der Waals surface area contributed by atoms with Crippen molar-refractivity contribution in [2.45, 2.75) is 156 Å². The fourth-order valence-electron chi connectivity index (χ4n) is 10.3. The van der Waals surface area contributed by atoms with E-state index in [1.807, 2.05) is 0 Å². The molecule has 0 spiro atoms. The molecule has 4 rings (SSSR count). The van der Waals surface area contributed by atoms with E-state index in [9.17, 15) is 8.42 Å². The van der Waals surface area contributed by atoms with Crippen LogP contribution in [0.2, 0.25) is 0 Å². The molecule has 4 aliphatic rings. The first-order valence-corrected chi connectivity index (χ1v) is 19.9. The van der Waals surface area contributed by atoms with Crippen molar-refractivity contribution in [2.24, 2.45) is 46.3 Å². The second-order valence-electron chi connectivity index (χ2n) is 16.0. The quantitative estimate of drug-likeness (QED) is 0.0939. The van der Waals surface area contributed by atoms with Crippen molar-refractivity contribution >= 4 is 10.1 Å². The Balaban J connectivity index is 1.17. The smallest absolute Gasteiger partial charge is 0.264 e. The van der Waals surface area contributed by atoms with E-state index in [-0.39, 0.29) is 0 Å². The first-order valence-electron chi connectivity index (χ1n) is 18.1. The SMILES string of the molecule is CC(C)CCCC(C)C1CCC2C3CC=C4C[C@@H](OCCCCCCCCCOS(C)(=O)=O)CC[C@]4(C)C3CC[C@]12C. The van der Waals surface area contributed by atoms with Crippen LogP contribution < -0.4 is 0 Å². The van der Waals surface area contributed by atoms with Crippen molar-refractivity contribution in [3.8, 4) is 0 Å². The second-order valence-corrected chi connectivity index (χ2v) is 17.7. The summed E-state index contributed by atoms with van der Waals surface area (Å²) in [5.41, 5.74) is 2.74. The topological polar surface area (TPSA) is 52.6 Å². The molecule has 0 bridgehead atoms. The highest BCUT2D eigenvalue weighted by molar-refractivity contribution is 7.85.